The standard InChI is InChI=1S/C16H21NO4/c1-3-21-14-7-5-4-6-13(14)8-9-15(18)17-11-10-12(2)16(19)20/h4-9,12H,3,10-11H2,1-2H3,(H,17,18)(H,19,20)/b9-8+. The van der Waals surface area contributed by atoms with E-state index < -0.39 is 11.9 Å². The van der Waals surface area contributed by atoms with Crippen molar-refractivity contribution in [2.75, 3.05) is 13.2 Å². The highest BCUT2D eigenvalue weighted by Gasteiger charge is 2.10. The summed E-state index contributed by atoms with van der Waals surface area (Å²) in [7, 11) is 0. The Balaban J connectivity index is 2.49. The largest absolute Gasteiger partial charge is 0.493 e. The zero-order valence-corrected chi connectivity index (χ0v) is 12.3. The lowest BCUT2D eigenvalue weighted by Gasteiger charge is -2.07. The zero-order chi connectivity index (χ0) is 15.7. The van der Waals surface area contributed by atoms with Crippen LogP contribution in [0, 0.1) is 5.92 Å². The van der Waals surface area contributed by atoms with Gasteiger partial charge in [0.2, 0.25) is 5.91 Å². The fraction of sp³-hybridized carbons (Fsp3) is 0.375. The van der Waals surface area contributed by atoms with E-state index in [4.69, 9.17) is 9.84 Å². The van der Waals surface area contributed by atoms with Crippen molar-refractivity contribution >= 4 is 18.0 Å². The van der Waals surface area contributed by atoms with Crippen molar-refractivity contribution in [2.24, 2.45) is 5.92 Å². The fourth-order valence-electron chi connectivity index (χ4n) is 1.66. The number of para-hydroxylation sites is 1. The van der Waals surface area contributed by atoms with E-state index in [1.807, 2.05) is 31.2 Å². The zero-order valence-electron chi connectivity index (χ0n) is 12.3. The highest BCUT2D eigenvalue weighted by molar-refractivity contribution is 5.92. The van der Waals surface area contributed by atoms with Gasteiger partial charge in [0, 0.05) is 18.2 Å². The summed E-state index contributed by atoms with van der Waals surface area (Å²) in [6.45, 7) is 4.41. The second-order valence-corrected chi connectivity index (χ2v) is 4.62. The van der Waals surface area contributed by atoms with E-state index in [2.05, 4.69) is 5.32 Å². The minimum Gasteiger partial charge on any atom is -0.493 e. The van der Waals surface area contributed by atoms with E-state index in [0.717, 1.165) is 11.3 Å². The maximum Gasteiger partial charge on any atom is 0.306 e. The Kier molecular flexibility index (Phi) is 7.01. The molecule has 114 valence electrons. The van der Waals surface area contributed by atoms with Crippen molar-refractivity contribution in [1.82, 2.24) is 5.32 Å². The topological polar surface area (TPSA) is 75.6 Å². The van der Waals surface area contributed by atoms with E-state index in [1.165, 1.54) is 6.08 Å². The Morgan fingerprint density at radius 3 is 2.76 bits per heavy atom. The number of carboxylic acids is 1. The van der Waals surface area contributed by atoms with Gasteiger partial charge in [-0.05, 0) is 25.5 Å². The molecule has 5 nitrogen and oxygen atoms in total. The van der Waals surface area contributed by atoms with E-state index in [9.17, 15) is 9.59 Å². The minimum absolute atomic E-state index is 0.251. The summed E-state index contributed by atoms with van der Waals surface area (Å²) in [4.78, 5) is 22.3. The molecule has 1 rings (SSSR count). The fourth-order valence-corrected chi connectivity index (χ4v) is 1.66. The number of aliphatic carboxylic acids is 1. The molecule has 0 spiro atoms. The van der Waals surface area contributed by atoms with Crippen LogP contribution in [-0.2, 0) is 9.59 Å². The van der Waals surface area contributed by atoms with Gasteiger partial charge in [-0.1, -0.05) is 25.1 Å². The molecule has 2 N–H and O–H groups in total. The van der Waals surface area contributed by atoms with Crippen LogP contribution in [0.3, 0.4) is 0 Å². The molecule has 0 bridgehead atoms. The first-order chi connectivity index (χ1) is 10.0. The molecule has 21 heavy (non-hydrogen) atoms. The number of carbonyl (C=O) groups excluding carboxylic acids is 1. The molecular weight excluding hydrogens is 270 g/mol. The van der Waals surface area contributed by atoms with Gasteiger partial charge in [0.05, 0.1) is 12.5 Å². The van der Waals surface area contributed by atoms with Gasteiger partial charge in [-0.15, -0.1) is 0 Å². The lowest BCUT2D eigenvalue weighted by molar-refractivity contribution is -0.141. The molecule has 0 aromatic heterocycles. The molecule has 0 heterocycles. The van der Waals surface area contributed by atoms with Crippen LogP contribution >= 0.6 is 0 Å². The van der Waals surface area contributed by atoms with Crippen LogP contribution in [-0.4, -0.2) is 30.1 Å². The summed E-state index contributed by atoms with van der Waals surface area (Å²) in [6.07, 6.45) is 3.51. The van der Waals surface area contributed by atoms with Crippen LogP contribution in [0.15, 0.2) is 30.3 Å². The van der Waals surface area contributed by atoms with Gasteiger partial charge < -0.3 is 15.2 Å². The number of amides is 1. The Morgan fingerprint density at radius 2 is 2.10 bits per heavy atom. The lowest BCUT2D eigenvalue weighted by atomic mass is 10.1. The van der Waals surface area contributed by atoms with Gasteiger partial charge >= 0.3 is 5.97 Å². The molecule has 1 aromatic carbocycles. The number of ether oxygens (including phenoxy) is 1. The molecule has 1 atom stereocenters. The van der Waals surface area contributed by atoms with Crippen molar-refractivity contribution in [1.29, 1.82) is 0 Å². The van der Waals surface area contributed by atoms with Gasteiger partial charge in [-0.25, -0.2) is 0 Å². The molecule has 0 fully saturated rings. The lowest BCUT2D eigenvalue weighted by Crippen LogP contribution is -2.25. The number of carbonyl (C=O) groups is 2. The van der Waals surface area contributed by atoms with Gasteiger partial charge in [-0.3, -0.25) is 9.59 Å². The molecule has 0 saturated heterocycles. The van der Waals surface area contributed by atoms with E-state index in [0.29, 0.717) is 19.6 Å². The molecule has 0 aliphatic carbocycles. The average Bonchev–Trinajstić information content (AvgIpc) is 2.46. The number of hydrogen-bond donors (Lipinski definition) is 2. The summed E-state index contributed by atoms with van der Waals surface area (Å²) in [6, 6.07) is 7.45. The first-order valence-electron chi connectivity index (χ1n) is 6.95. The quantitative estimate of drug-likeness (QED) is 0.721. The van der Waals surface area contributed by atoms with Gasteiger partial charge in [-0.2, -0.15) is 0 Å². The third-order valence-electron chi connectivity index (χ3n) is 2.93. The minimum atomic E-state index is -0.856. The summed E-state index contributed by atoms with van der Waals surface area (Å²) >= 11 is 0. The van der Waals surface area contributed by atoms with Gasteiger partial charge in [0.1, 0.15) is 5.75 Å². The van der Waals surface area contributed by atoms with Crippen molar-refractivity contribution in [3.63, 3.8) is 0 Å². The summed E-state index contributed by atoms with van der Waals surface area (Å²) in [5.41, 5.74) is 0.827. The molecule has 1 amide bonds. The highest BCUT2D eigenvalue weighted by Crippen LogP contribution is 2.19. The monoisotopic (exact) mass is 291 g/mol. The summed E-state index contributed by atoms with van der Waals surface area (Å²) in [5.74, 6) is -0.846. The maximum absolute atomic E-state index is 11.7. The second-order valence-electron chi connectivity index (χ2n) is 4.62. The van der Waals surface area contributed by atoms with Crippen molar-refractivity contribution < 1.29 is 19.4 Å². The Bertz CT molecular complexity index is 511. The SMILES string of the molecule is CCOc1ccccc1/C=C/C(=O)NCCC(C)C(=O)O. The number of hydrogen-bond acceptors (Lipinski definition) is 3. The van der Waals surface area contributed by atoms with E-state index >= 15 is 0 Å². The number of benzene rings is 1. The third-order valence-corrected chi connectivity index (χ3v) is 2.93. The third kappa shape index (κ3) is 6.12. The van der Waals surface area contributed by atoms with Crippen LogP contribution in [0.25, 0.3) is 6.08 Å². The van der Waals surface area contributed by atoms with Gasteiger partial charge in [0.25, 0.3) is 0 Å². The Hall–Kier alpha value is -2.30. The molecule has 1 aromatic rings. The molecule has 1 unspecified atom stereocenters. The highest BCUT2D eigenvalue weighted by atomic mass is 16.5. The second kappa shape index (κ2) is 8.79. The smallest absolute Gasteiger partial charge is 0.306 e. The molecule has 0 radical (unpaired) electrons. The summed E-state index contributed by atoms with van der Waals surface area (Å²) in [5, 5.41) is 11.4. The van der Waals surface area contributed by atoms with Crippen LogP contribution < -0.4 is 10.1 Å². The van der Waals surface area contributed by atoms with Crippen LogP contribution in [0.2, 0.25) is 0 Å². The number of nitrogens with one attached hydrogen (secondary N) is 1. The maximum atomic E-state index is 11.7. The average molecular weight is 291 g/mol. The van der Waals surface area contributed by atoms with Crippen LogP contribution in [0.4, 0.5) is 0 Å². The molecular formula is C16H21NO4. The van der Waals surface area contributed by atoms with Crippen molar-refractivity contribution in [2.45, 2.75) is 20.3 Å². The van der Waals surface area contributed by atoms with Crippen molar-refractivity contribution in [3.8, 4) is 5.75 Å². The van der Waals surface area contributed by atoms with E-state index in [-0.39, 0.29) is 5.91 Å². The van der Waals surface area contributed by atoms with Crippen molar-refractivity contribution in [3.05, 3.63) is 35.9 Å². The Labute approximate surface area is 124 Å². The number of rotatable bonds is 8. The van der Waals surface area contributed by atoms with Gasteiger partial charge in [0.15, 0.2) is 0 Å². The summed E-state index contributed by atoms with van der Waals surface area (Å²) < 4.78 is 5.46. The molecule has 0 aliphatic rings. The van der Waals surface area contributed by atoms with E-state index in [1.54, 1.807) is 13.0 Å². The first kappa shape index (κ1) is 16.8. The predicted octanol–water partition coefficient (Wildman–Crippen LogP) is 2.33. The number of carboxylic acid groups (broad SMARTS) is 1. The van der Waals surface area contributed by atoms with Crippen LogP contribution in [0.1, 0.15) is 25.8 Å². The van der Waals surface area contributed by atoms with Crippen LogP contribution in [0.5, 0.6) is 5.75 Å². The predicted molar refractivity (Wildman–Crippen MR) is 81.1 cm³/mol. The molecule has 0 aliphatic heterocycles. The Morgan fingerprint density at radius 1 is 1.38 bits per heavy atom. The molecule has 5 heteroatoms. The first-order valence-corrected chi connectivity index (χ1v) is 6.95. The molecule has 0 saturated carbocycles. The normalized spacial score (nSPS) is 12.1.